The molecule has 0 spiro atoms. The summed E-state index contributed by atoms with van der Waals surface area (Å²) in [5.74, 6) is 0.701. The summed E-state index contributed by atoms with van der Waals surface area (Å²) < 4.78 is 5.54. The Kier molecular flexibility index (Phi) is 4.46. The molecule has 0 bridgehead atoms. The lowest BCUT2D eigenvalue weighted by Gasteiger charge is -2.14. The van der Waals surface area contributed by atoms with Crippen LogP contribution >= 0.6 is 11.6 Å². The Morgan fingerprint density at radius 3 is 2.37 bits per heavy atom. The Labute approximate surface area is 118 Å². The van der Waals surface area contributed by atoms with E-state index in [-0.39, 0.29) is 6.61 Å². The van der Waals surface area contributed by atoms with Crippen molar-refractivity contribution in [1.29, 1.82) is 0 Å². The van der Waals surface area contributed by atoms with Gasteiger partial charge in [-0.3, -0.25) is 0 Å². The van der Waals surface area contributed by atoms with E-state index >= 15 is 0 Å². The highest BCUT2D eigenvalue weighted by atomic mass is 35.5. The average Bonchev–Trinajstić information content (AvgIpc) is 2.41. The second kappa shape index (κ2) is 6.09. The summed E-state index contributed by atoms with van der Waals surface area (Å²) >= 11 is 5.80. The van der Waals surface area contributed by atoms with Crippen LogP contribution in [0.5, 0.6) is 5.75 Å². The van der Waals surface area contributed by atoms with E-state index < -0.39 is 6.10 Å². The van der Waals surface area contributed by atoms with E-state index in [2.05, 4.69) is 6.92 Å². The topological polar surface area (TPSA) is 29.5 Å². The number of aliphatic hydroxyl groups excluding tert-OH is 1. The van der Waals surface area contributed by atoms with Crippen LogP contribution in [0, 0.1) is 13.8 Å². The van der Waals surface area contributed by atoms with Crippen molar-refractivity contribution in [1.82, 2.24) is 0 Å². The highest BCUT2D eigenvalue weighted by Gasteiger charge is 2.09. The van der Waals surface area contributed by atoms with Crippen molar-refractivity contribution in [2.24, 2.45) is 0 Å². The molecule has 3 heteroatoms. The molecule has 2 rings (SSSR count). The zero-order valence-corrected chi connectivity index (χ0v) is 11.8. The fourth-order valence-corrected chi connectivity index (χ4v) is 1.90. The maximum Gasteiger partial charge on any atom is 0.119 e. The summed E-state index contributed by atoms with van der Waals surface area (Å²) in [4.78, 5) is 0. The van der Waals surface area contributed by atoms with E-state index in [1.54, 1.807) is 24.3 Å². The van der Waals surface area contributed by atoms with Gasteiger partial charge in [-0.2, -0.15) is 0 Å². The molecule has 0 aliphatic rings. The highest BCUT2D eigenvalue weighted by Crippen LogP contribution is 2.20. The van der Waals surface area contributed by atoms with E-state index in [0.29, 0.717) is 10.8 Å². The third kappa shape index (κ3) is 3.72. The van der Waals surface area contributed by atoms with Crippen molar-refractivity contribution in [3.63, 3.8) is 0 Å². The number of hydrogen-bond donors (Lipinski definition) is 1. The first-order chi connectivity index (χ1) is 9.06. The quantitative estimate of drug-likeness (QED) is 0.912. The lowest BCUT2D eigenvalue weighted by Crippen LogP contribution is -2.10. The van der Waals surface area contributed by atoms with Crippen LogP contribution in [0.4, 0.5) is 0 Å². The number of rotatable bonds is 4. The molecule has 2 aromatic carbocycles. The zero-order valence-electron chi connectivity index (χ0n) is 11.1. The molecule has 19 heavy (non-hydrogen) atoms. The van der Waals surface area contributed by atoms with Crippen LogP contribution in [0.25, 0.3) is 0 Å². The van der Waals surface area contributed by atoms with Gasteiger partial charge in [0, 0.05) is 5.02 Å². The largest absolute Gasteiger partial charge is 0.491 e. The molecule has 0 saturated heterocycles. The molecule has 0 amide bonds. The van der Waals surface area contributed by atoms with Gasteiger partial charge in [0.1, 0.15) is 18.5 Å². The molecule has 0 saturated carbocycles. The molecule has 0 heterocycles. The van der Waals surface area contributed by atoms with Crippen LogP contribution < -0.4 is 4.74 Å². The molecule has 0 aromatic heterocycles. The molecule has 0 aliphatic carbocycles. The van der Waals surface area contributed by atoms with Crippen LogP contribution in [0.3, 0.4) is 0 Å². The standard InChI is InChI=1S/C16H17ClO2/c1-11-3-4-13(9-12(11)2)16(18)10-19-15-7-5-14(17)6-8-15/h3-9,16,18H,10H2,1-2H3. The van der Waals surface area contributed by atoms with Crippen molar-refractivity contribution in [3.8, 4) is 5.75 Å². The fourth-order valence-electron chi connectivity index (χ4n) is 1.77. The minimum Gasteiger partial charge on any atom is -0.491 e. The number of aliphatic hydroxyl groups is 1. The predicted octanol–water partition coefficient (Wildman–Crippen LogP) is 4.07. The number of benzene rings is 2. The van der Waals surface area contributed by atoms with Gasteiger partial charge in [0.05, 0.1) is 0 Å². The van der Waals surface area contributed by atoms with Gasteiger partial charge < -0.3 is 9.84 Å². The number of ether oxygens (including phenoxy) is 1. The molecule has 1 N–H and O–H groups in total. The zero-order chi connectivity index (χ0) is 13.8. The van der Waals surface area contributed by atoms with E-state index in [0.717, 1.165) is 5.56 Å². The van der Waals surface area contributed by atoms with E-state index in [1.807, 2.05) is 25.1 Å². The minimum atomic E-state index is -0.630. The molecule has 0 fully saturated rings. The number of hydrogen-bond acceptors (Lipinski definition) is 2. The lowest BCUT2D eigenvalue weighted by molar-refractivity contribution is 0.108. The SMILES string of the molecule is Cc1ccc(C(O)COc2ccc(Cl)cc2)cc1C. The Morgan fingerprint density at radius 2 is 1.74 bits per heavy atom. The normalized spacial score (nSPS) is 12.2. The van der Waals surface area contributed by atoms with Crippen molar-refractivity contribution < 1.29 is 9.84 Å². The van der Waals surface area contributed by atoms with Gasteiger partial charge in [0.2, 0.25) is 0 Å². The van der Waals surface area contributed by atoms with Crippen molar-refractivity contribution in [3.05, 3.63) is 64.2 Å². The molecule has 1 unspecified atom stereocenters. The van der Waals surface area contributed by atoms with Crippen molar-refractivity contribution in [2.75, 3.05) is 6.61 Å². The van der Waals surface area contributed by atoms with Crippen LogP contribution in [0.15, 0.2) is 42.5 Å². The van der Waals surface area contributed by atoms with Crippen LogP contribution in [-0.4, -0.2) is 11.7 Å². The highest BCUT2D eigenvalue weighted by molar-refractivity contribution is 6.30. The average molecular weight is 277 g/mol. The molecule has 0 aliphatic heterocycles. The molecule has 2 aromatic rings. The van der Waals surface area contributed by atoms with Gasteiger partial charge in [-0.05, 0) is 54.8 Å². The van der Waals surface area contributed by atoms with Gasteiger partial charge in [-0.15, -0.1) is 0 Å². The van der Waals surface area contributed by atoms with E-state index in [9.17, 15) is 5.11 Å². The summed E-state index contributed by atoms with van der Waals surface area (Å²) in [6.45, 7) is 4.31. The summed E-state index contributed by atoms with van der Waals surface area (Å²) in [5.41, 5.74) is 3.26. The van der Waals surface area contributed by atoms with Gasteiger partial charge in [-0.1, -0.05) is 29.8 Å². The molecule has 0 radical (unpaired) electrons. The maximum absolute atomic E-state index is 10.1. The summed E-state index contributed by atoms with van der Waals surface area (Å²) in [6.07, 6.45) is -0.630. The lowest BCUT2D eigenvalue weighted by atomic mass is 10.0. The summed E-state index contributed by atoms with van der Waals surface area (Å²) in [7, 11) is 0. The minimum absolute atomic E-state index is 0.226. The molecular weight excluding hydrogens is 260 g/mol. The molecular formula is C16H17ClO2. The Bertz CT molecular complexity index is 549. The van der Waals surface area contributed by atoms with Crippen LogP contribution in [0.1, 0.15) is 22.8 Å². The third-order valence-corrected chi connectivity index (χ3v) is 3.39. The predicted molar refractivity (Wildman–Crippen MR) is 77.8 cm³/mol. The Hall–Kier alpha value is -1.51. The van der Waals surface area contributed by atoms with E-state index in [1.165, 1.54) is 11.1 Å². The maximum atomic E-state index is 10.1. The van der Waals surface area contributed by atoms with Crippen LogP contribution in [0.2, 0.25) is 5.02 Å². The van der Waals surface area contributed by atoms with Crippen molar-refractivity contribution in [2.45, 2.75) is 20.0 Å². The van der Waals surface area contributed by atoms with E-state index in [4.69, 9.17) is 16.3 Å². The monoisotopic (exact) mass is 276 g/mol. The molecule has 100 valence electrons. The molecule has 2 nitrogen and oxygen atoms in total. The summed E-state index contributed by atoms with van der Waals surface area (Å²) in [5, 5.41) is 10.8. The van der Waals surface area contributed by atoms with Crippen molar-refractivity contribution >= 4 is 11.6 Å². The third-order valence-electron chi connectivity index (χ3n) is 3.14. The summed E-state index contributed by atoms with van der Waals surface area (Å²) in [6, 6.07) is 13.0. The van der Waals surface area contributed by atoms with Gasteiger partial charge in [0.25, 0.3) is 0 Å². The second-order valence-electron chi connectivity index (χ2n) is 4.62. The fraction of sp³-hybridized carbons (Fsp3) is 0.250. The smallest absolute Gasteiger partial charge is 0.119 e. The first-order valence-corrected chi connectivity index (χ1v) is 6.57. The van der Waals surface area contributed by atoms with Crippen LogP contribution in [-0.2, 0) is 0 Å². The second-order valence-corrected chi connectivity index (χ2v) is 5.06. The number of halogens is 1. The first-order valence-electron chi connectivity index (χ1n) is 6.20. The Morgan fingerprint density at radius 1 is 1.05 bits per heavy atom. The molecule has 1 atom stereocenters. The number of aryl methyl sites for hydroxylation is 2. The first kappa shape index (κ1) is 13.9. The van der Waals surface area contributed by atoms with Gasteiger partial charge in [-0.25, -0.2) is 0 Å². The van der Waals surface area contributed by atoms with Gasteiger partial charge >= 0.3 is 0 Å². The Balaban J connectivity index is 1.98. The van der Waals surface area contributed by atoms with Gasteiger partial charge in [0.15, 0.2) is 0 Å².